The molecule has 112 valence electrons. The Balaban J connectivity index is 2.26. The summed E-state index contributed by atoms with van der Waals surface area (Å²) in [6.07, 6.45) is 1.79. The van der Waals surface area contributed by atoms with Gasteiger partial charge >= 0.3 is 0 Å². The maximum Gasteiger partial charge on any atom is 0.150 e. The van der Waals surface area contributed by atoms with Crippen LogP contribution in [0.25, 0.3) is 0 Å². The maximum atomic E-state index is 13.9. The summed E-state index contributed by atoms with van der Waals surface area (Å²) >= 11 is 3.21. The molecule has 2 aromatic carbocycles. The van der Waals surface area contributed by atoms with E-state index in [0.717, 1.165) is 24.5 Å². The van der Waals surface area contributed by atoms with E-state index in [9.17, 15) is 8.78 Å². The lowest BCUT2D eigenvalue weighted by molar-refractivity contribution is 0.581. The molecular formula is C17H18BrF2N. The fraction of sp³-hybridized carbons (Fsp3) is 0.294. The SMILES string of the molecule is CCc1ccc(C(CC)Nc2c(F)cc(F)cc2Br)cc1. The fourth-order valence-corrected chi connectivity index (χ4v) is 2.78. The molecule has 0 aliphatic heterocycles. The van der Waals surface area contributed by atoms with Crippen LogP contribution < -0.4 is 5.32 Å². The third kappa shape index (κ3) is 3.82. The molecule has 1 nitrogen and oxygen atoms in total. The molecular weight excluding hydrogens is 336 g/mol. The predicted molar refractivity (Wildman–Crippen MR) is 86.5 cm³/mol. The van der Waals surface area contributed by atoms with Crippen LogP contribution >= 0.6 is 15.9 Å². The Morgan fingerprint density at radius 1 is 1.10 bits per heavy atom. The summed E-state index contributed by atoms with van der Waals surface area (Å²) in [5.41, 5.74) is 2.65. The number of nitrogens with one attached hydrogen (secondary N) is 1. The minimum absolute atomic E-state index is 0.0211. The van der Waals surface area contributed by atoms with Crippen LogP contribution in [-0.2, 0) is 6.42 Å². The first-order valence-corrected chi connectivity index (χ1v) is 7.84. The molecule has 0 aliphatic rings. The van der Waals surface area contributed by atoms with E-state index in [1.54, 1.807) is 0 Å². The average molecular weight is 354 g/mol. The summed E-state index contributed by atoms with van der Waals surface area (Å²) in [7, 11) is 0. The van der Waals surface area contributed by atoms with Crippen molar-refractivity contribution < 1.29 is 8.78 Å². The highest BCUT2D eigenvalue weighted by Gasteiger charge is 2.15. The monoisotopic (exact) mass is 353 g/mol. The van der Waals surface area contributed by atoms with Gasteiger partial charge in [-0.05, 0) is 46.0 Å². The zero-order valence-corrected chi connectivity index (χ0v) is 13.7. The van der Waals surface area contributed by atoms with Crippen LogP contribution in [0.1, 0.15) is 37.4 Å². The van der Waals surface area contributed by atoms with E-state index < -0.39 is 11.6 Å². The third-order valence-corrected chi connectivity index (χ3v) is 4.15. The molecule has 0 saturated carbocycles. The zero-order chi connectivity index (χ0) is 15.4. The minimum atomic E-state index is -0.592. The lowest BCUT2D eigenvalue weighted by Gasteiger charge is -2.20. The van der Waals surface area contributed by atoms with Crippen molar-refractivity contribution in [3.63, 3.8) is 0 Å². The topological polar surface area (TPSA) is 12.0 Å². The van der Waals surface area contributed by atoms with E-state index >= 15 is 0 Å². The van der Waals surface area contributed by atoms with Crippen LogP contribution in [-0.4, -0.2) is 0 Å². The van der Waals surface area contributed by atoms with Crippen molar-refractivity contribution in [2.75, 3.05) is 5.32 Å². The van der Waals surface area contributed by atoms with Crippen molar-refractivity contribution in [1.29, 1.82) is 0 Å². The minimum Gasteiger partial charge on any atom is -0.375 e. The second-order valence-corrected chi connectivity index (χ2v) is 5.80. The van der Waals surface area contributed by atoms with E-state index in [4.69, 9.17) is 0 Å². The normalized spacial score (nSPS) is 12.2. The molecule has 0 aliphatic carbocycles. The molecule has 2 rings (SSSR count). The van der Waals surface area contributed by atoms with Gasteiger partial charge in [-0.15, -0.1) is 0 Å². The van der Waals surface area contributed by atoms with E-state index in [-0.39, 0.29) is 6.04 Å². The standard InChI is InChI=1S/C17H18BrF2N/c1-3-11-5-7-12(8-6-11)16(4-2)21-17-14(18)9-13(19)10-15(17)20/h5-10,16,21H,3-4H2,1-2H3. The maximum absolute atomic E-state index is 13.9. The average Bonchev–Trinajstić information content (AvgIpc) is 2.47. The second kappa shape index (κ2) is 7.03. The van der Waals surface area contributed by atoms with Gasteiger partial charge in [-0.25, -0.2) is 8.78 Å². The molecule has 1 atom stereocenters. The van der Waals surface area contributed by atoms with Crippen LogP contribution in [0.4, 0.5) is 14.5 Å². The van der Waals surface area contributed by atoms with E-state index in [2.05, 4.69) is 52.4 Å². The number of anilines is 1. The highest BCUT2D eigenvalue weighted by atomic mass is 79.9. The second-order valence-electron chi connectivity index (χ2n) is 4.94. The molecule has 0 amide bonds. The number of rotatable bonds is 5. The van der Waals surface area contributed by atoms with Gasteiger partial charge < -0.3 is 5.32 Å². The summed E-state index contributed by atoms with van der Waals surface area (Å²) in [5, 5.41) is 3.16. The summed E-state index contributed by atoms with van der Waals surface area (Å²) in [6.45, 7) is 4.14. The van der Waals surface area contributed by atoms with Gasteiger partial charge in [0.25, 0.3) is 0 Å². The number of halogens is 3. The van der Waals surface area contributed by atoms with Crippen molar-refractivity contribution in [3.05, 3.63) is 63.6 Å². The first-order chi connectivity index (χ1) is 10.0. The first kappa shape index (κ1) is 16.0. The molecule has 0 heterocycles. The van der Waals surface area contributed by atoms with Crippen LogP contribution in [0, 0.1) is 11.6 Å². The smallest absolute Gasteiger partial charge is 0.150 e. The van der Waals surface area contributed by atoms with Crippen molar-refractivity contribution in [2.24, 2.45) is 0 Å². The zero-order valence-electron chi connectivity index (χ0n) is 12.1. The van der Waals surface area contributed by atoms with Crippen LogP contribution in [0.15, 0.2) is 40.9 Å². The Labute approximate surface area is 132 Å². The Morgan fingerprint density at radius 2 is 1.76 bits per heavy atom. The molecule has 0 spiro atoms. The number of aryl methyl sites for hydroxylation is 1. The van der Waals surface area contributed by atoms with Gasteiger partial charge in [0.1, 0.15) is 11.6 Å². The van der Waals surface area contributed by atoms with Gasteiger partial charge in [0.15, 0.2) is 0 Å². The molecule has 2 aromatic rings. The summed E-state index contributed by atoms with van der Waals surface area (Å²) in [6, 6.07) is 10.4. The fourth-order valence-electron chi connectivity index (χ4n) is 2.26. The van der Waals surface area contributed by atoms with Crippen LogP contribution in [0.2, 0.25) is 0 Å². The molecule has 21 heavy (non-hydrogen) atoms. The molecule has 1 N–H and O–H groups in total. The molecule has 0 saturated heterocycles. The molecule has 0 fully saturated rings. The van der Waals surface area contributed by atoms with Gasteiger partial charge in [-0.3, -0.25) is 0 Å². The van der Waals surface area contributed by atoms with Crippen LogP contribution in [0.5, 0.6) is 0 Å². The van der Waals surface area contributed by atoms with Gasteiger partial charge in [-0.1, -0.05) is 38.1 Å². The number of hydrogen-bond acceptors (Lipinski definition) is 1. The lowest BCUT2D eigenvalue weighted by atomic mass is 10.0. The molecule has 0 radical (unpaired) electrons. The lowest BCUT2D eigenvalue weighted by Crippen LogP contribution is -2.11. The highest BCUT2D eigenvalue weighted by molar-refractivity contribution is 9.10. The largest absolute Gasteiger partial charge is 0.375 e. The summed E-state index contributed by atoms with van der Waals surface area (Å²) in [4.78, 5) is 0. The highest BCUT2D eigenvalue weighted by Crippen LogP contribution is 2.31. The van der Waals surface area contributed by atoms with Gasteiger partial charge in [0, 0.05) is 10.5 Å². The molecule has 4 heteroatoms. The van der Waals surface area contributed by atoms with Crippen molar-refractivity contribution in [2.45, 2.75) is 32.7 Å². The molecule has 0 bridgehead atoms. The molecule has 0 aromatic heterocycles. The first-order valence-electron chi connectivity index (χ1n) is 7.05. The Bertz CT molecular complexity index is 588. The van der Waals surface area contributed by atoms with Gasteiger partial charge in [-0.2, -0.15) is 0 Å². The van der Waals surface area contributed by atoms with Crippen molar-refractivity contribution in [3.8, 4) is 0 Å². The van der Waals surface area contributed by atoms with Gasteiger partial charge in [0.2, 0.25) is 0 Å². The van der Waals surface area contributed by atoms with E-state index in [1.165, 1.54) is 11.6 Å². The summed E-state index contributed by atoms with van der Waals surface area (Å²) in [5.74, 6) is -1.18. The number of benzene rings is 2. The van der Waals surface area contributed by atoms with E-state index in [1.807, 2.05) is 6.92 Å². The Hall–Kier alpha value is -1.42. The third-order valence-electron chi connectivity index (χ3n) is 3.52. The number of hydrogen-bond donors (Lipinski definition) is 1. The Morgan fingerprint density at radius 3 is 2.29 bits per heavy atom. The summed E-state index contributed by atoms with van der Waals surface area (Å²) < 4.78 is 27.4. The van der Waals surface area contributed by atoms with Gasteiger partial charge in [0.05, 0.1) is 11.7 Å². The molecule has 1 unspecified atom stereocenters. The Kier molecular flexibility index (Phi) is 5.34. The van der Waals surface area contributed by atoms with Crippen molar-refractivity contribution in [1.82, 2.24) is 0 Å². The van der Waals surface area contributed by atoms with E-state index in [0.29, 0.717) is 10.2 Å². The predicted octanol–water partition coefficient (Wildman–Crippen LogP) is 5.85. The quantitative estimate of drug-likeness (QED) is 0.710. The van der Waals surface area contributed by atoms with Crippen LogP contribution in [0.3, 0.4) is 0 Å². The van der Waals surface area contributed by atoms with Crippen molar-refractivity contribution >= 4 is 21.6 Å².